The van der Waals surface area contributed by atoms with Crippen molar-refractivity contribution in [1.29, 1.82) is 0 Å². The first-order valence-corrected chi connectivity index (χ1v) is 5.57. The summed E-state index contributed by atoms with van der Waals surface area (Å²) in [6.45, 7) is 6.12. The molecule has 0 spiro atoms. The van der Waals surface area contributed by atoms with Crippen molar-refractivity contribution in [3.05, 3.63) is 48.2 Å². The molecule has 88 valence electrons. The Hall–Kier alpha value is -2.03. The van der Waals surface area contributed by atoms with Crippen LogP contribution < -0.4 is 0 Å². The first-order valence-electron chi connectivity index (χ1n) is 5.57. The Morgan fingerprint density at radius 3 is 2.88 bits per heavy atom. The quantitative estimate of drug-likeness (QED) is 0.805. The second-order valence-corrected chi connectivity index (χ2v) is 4.17. The number of likely N-dealkylation sites (N-methyl/N-ethyl adjacent to an activating group) is 1. The predicted molar refractivity (Wildman–Crippen MR) is 69.7 cm³/mol. The van der Waals surface area contributed by atoms with E-state index in [0.717, 1.165) is 11.2 Å². The zero-order valence-electron chi connectivity index (χ0n) is 10.2. The van der Waals surface area contributed by atoms with Gasteiger partial charge in [-0.25, -0.2) is 0 Å². The third-order valence-corrected chi connectivity index (χ3v) is 2.97. The van der Waals surface area contributed by atoms with Crippen LogP contribution in [0.4, 0.5) is 0 Å². The lowest BCUT2D eigenvalue weighted by molar-refractivity contribution is -0.125. The average Bonchev–Trinajstić information content (AvgIpc) is 2.65. The normalized spacial score (nSPS) is 10.5. The Bertz CT molecular complexity index is 569. The van der Waals surface area contributed by atoms with Crippen LogP contribution in [0, 0.1) is 6.92 Å². The van der Waals surface area contributed by atoms with E-state index < -0.39 is 0 Å². The first-order chi connectivity index (χ1) is 8.13. The van der Waals surface area contributed by atoms with Crippen molar-refractivity contribution in [2.75, 3.05) is 7.05 Å². The molecule has 0 unspecified atom stereocenters. The molecular formula is C14H16N2O. The number of amides is 1. The van der Waals surface area contributed by atoms with Gasteiger partial charge in [0.25, 0.3) is 0 Å². The summed E-state index contributed by atoms with van der Waals surface area (Å²) in [6.07, 6.45) is 1.34. The summed E-state index contributed by atoms with van der Waals surface area (Å²) in [6, 6.07) is 8.12. The molecule has 2 aromatic rings. The van der Waals surface area contributed by atoms with Crippen LogP contribution in [0.5, 0.6) is 0 Å². The molecule has 0 aliphatic heterocycles. The van der Waals surface area contributed by atoms with Crippen LogP contribution >= 0.6 is 0 Å². The Kier molecular flexibility index (Phi) is 3.00. The van der Waals surface area contributed by atoms with Gasteiger partial charge in [0.2, 0.25) is 5.91 Å². The third-order valence-electron chi connectivity index (χ3n) is 2.97. The number of nitrogens with one attached hydrogen (secondary N) is 1. The van der Waals surface area contributed by atoms with Crippen LogP contribution in [0.3, 0.4) is 0 Å². The van der Waals surface area contributed by atoms with Gasteiger partial charge in [-0.3, -0.25) is 4.79 Å². The van der Waals surface area contributed by atoms with Gasteiger partial charge in [0.1, 0.15) is 0 Å². The van der Waals surface area contributed by atoms with Crippen molar-refractivity contribution in [2.24, 2.45) is 0 Å². The minimum absolute atomic E-state index is 0.0605. The number of aromatic nitrogens is 1. The van der Waals surface area contributed by atoms with E-state index in [1.54, 1.807) is 11.9 Å². The molecule has 0 aliphatic rings. The van der Waals surface area contributed by atoms with Crippen molar-refractivity contribution in [3.63, 3.8) is 0 Å². The number of aryl methyl sites for hydroxylation is 1. The molecule has 1 aromatic carbocycles. The number of H-pyrrole nitrogens is 1. The van der Waals surface area contributed by atoms with Gasteiger partial charge in [-0.1, -0.05) is 24.8 Å². The van der Waals surface area contributed by atoms with Crippen molar-refractivity contribution in [3.8, 4) is 0 Å². The highest BCUT2D eigenvalue weighted by atomic mass is 16.2. The van der Waals surface area contributed by atoms with E-state index in [1.807, 2.05) is 25.1 Å². The molecule has 3 nitrogen and oxygen atoms in total. The highest BCUT2D eigenvalue weighted by Gasteiger charge is 2.12. The Morgan fingerprint density at radius 2 is 2.18 bits per heavy atom. The highest BCUT2D eigenvalue weighted by Crippen LogP contribution is 2.22. The molecule has 1 N–H and O–H groups in total. The molecule has 2 rings (SSSR count). The number of carbonyl (C=O) groups is 1. The summed E-state index contributed by atoms with van der Waals surface area (Å²) >= 11 is 0. The van der Waals surface area contributed by atoms with E-state index in [4.69, 9.17) is 0 Å². The van der Waals surface area contributed by atoms with Crippen LogP contribution in [0.1, 0.15) is 11.3 Å². The molecule has 17 heavy (non-hydrogen) atoms. The first kappa shape index (κ1) is 11.5. The monoisotopic (exact) mass is 228 g/mol. The van der Waals surface area contributed by atoms with Gasteiger partial charge in [0.15, 0.2) is 0 Å². The van der Waals surface area contributed by atoms with E-state index in [0.29, 0.717) is 6.54 Å². The number of nitrogens with zero attached hydrogens (tertiary/aromatic N) is 1. The minimum Gasteiger partial charge on any atom is -0.358 e. The Balaban J connectivity index is 2.38. The molecule has 0 atom stereocenters. The van der Waals surface area contributed by atoms with Crippen molar-refractivity contribution >= 4 is 16.8 Å². The topological polar surface area (TPSA) is 36.1 Å². The molecule has 0 fully saturated rings. The van der Waals surface area contributed by atoms with Crippen molar-refractivity contribution in [2.45, 2.75) is 13.5 Å². The summed E-state index contributed by atoms with van der Waals surface area (Å²) in [4.78, 5) is 16.5. The van der Waals surface area contributed by atoms with Gasteiger partial charge in [0.05, 0.1) is 0 Å². The Labute approximate surface area is 101 Å². The van der Waals surface area contributed by atoms with Crippen LogP contribution in [0.25, 0.3) is 10.9 Å². The second kappa shape index (κ2) is 4.45. The average molecular weight is 228 g/mol. The van der Waals surface area contributed by atoms with E-state index in [9.17, 15) is 4.79 Å². The molecule has 0 saturated carbocycles. The zero-order valence-corrected chi connectivity index (χ0v) is 10.2. The van der Waals surface area contributed by atoms with Crippen LogP contribution in [-0.2, 0) is 11.3 Å². The standard InChI is InChI=1S/C14H16N2O/c1-4-14(17)16(3)9-12-10(2)15-13-8-6-5-7-11(12)13/h4-8,15H,1,9H2,2-3H3. The fourth-order valence-corrected chi connectivity index (χ4v) is 2.01. The lowest BCUT2D eigenvalue weighted by Crippen LogP contribution is -2.24. The number of carbonyl (C=O) groups excluding carboxylic acids is 1. The summed E-state index contributed by atoms with van der Waals surface area (Å²) in [5, 5.41) is 1.17. The van der Waals surface area contributed by atoms with E-state index in [-0.39, 0.29) is 5.91 Å². The summed E-state index contributed by atoms with van der Waals surface area (Å²) in [7, 11) is 1.78. The molecule has 1 amide bonds. The summed E-state index contributed by atoms with van der Waals surface area (Å²) < 4.78 is 0. The van der Waals surface area contributed by atoms with Crippen molar-refractivity contribution in [1.82, 2.24) is 9.88 Å². The van der Waals surface area contributed by atoms with Gasteiger partial charge < -0.3 is 9.88 Å². The number of aromatic amines is 1. The van der Waals surface area contributed by atoms with Crippen LogP contribution in [0.2, 0.25) is 0 Å². The smallest absolute Gasteiger partial charge is 0.245 e. The molecule has 3 heteroatoms. The highest BCUT2D eigenvalue weighted by molar-refractivity contribution is 5.88. The molecule has 1 aromatic heterocycles. The van der Waals surface area contributed by atoms with E-state index >= 15 is 0 Å². The molecule has 0 aliphatic carbocycles. The zero-order chi connectivity index (χ0) is 12.4. The van der Waals surface area contributed by atoms with Gasteiger partial charge in [0, 0.05) is 30.2 Å². The number of fused-ring (bicyclic) bond motifs is 1. The predicted octanol–water partition coefficient (Wildman–Crippen LogP) is 2.62. The number of para-hydroxylation sites is 1. The maximum atomic E-state index is 11.5. The molecule has 0 bridgehead atoms. The van der Waals surface area contributed by atoms with Gasteiger partial charge in [-0.2, -0.15) is 0 Å². The molecule has 0 saturated heterocycles. The maximum absolute atomic E-state index is 11.5. The summed E-state index contributed by atoms with van der Waals surface area (Å²) in [5.74, 6) is -0.0605. The van der Waals surface area contributed by atoms with E-state index in [2.05, 4.69) is 17.6 Å². The fourth-order valence-electron chi connectivity index (χ4n) is 2.01. The third kappa shape index (κ3) is 2.09. The number of hydrogen-bond donors (Lipinski definition) is 1. The van der Waals surface area contributed by atoms with Gasteiger partial charge in [-0.15, -0.1) is 0 Å². The Morgan fingerprint density at radius 1 is 1.47 bits per heavy atom. The van der Waals surface area contributed by atoms with Crippen LogP contribution in [0.15, 0.2) is 36.9 Å². The lowest BCUT2D eigenvalue weighted by Gasteiger charge is -2.15. The molecule has 0 radical (unpaired) electrons. The fraction of sp³-hybridized carbons (Fsp3) is 0.214. The van der Waals surface area contributed by atoms with Gasteiger partial charge >= 0.3 is 0 Å². The molecular weight excluding hydrogens is 212 g/mol. The van der Waals surface area contributed by atoms with E-state index in [1.165, 1.54) is 17.0 Å². The number of rotatable bonds is 3. The number of benzene rings is 1. The maximum Gasteiger partial charge on any atom is 0.245 e. The summed E-state index contributed by atoms with van der Waals surface area (Å²) in [5.41, 5.74) is 3.38. The lowest BCUT2D eigenvalue weighted by atomic mass is 10.1. The number of hydrogen-bond acceptors (Lipinski definition) is 1. The SMILES string of the molecule is C=CC(=O)N(C)Cc1c(C)[nH]c2ccccc12. The second-order valence-electron chi connectivity index (χ2n) is 4.17. The minimum atomic E-state index is -0.0605. The molecule has 1 heterocycles. The van der Waals surface area contributed by atoms with Crippen molar-refractivity contribution < 1.29 is 4.79 Å². The van der Waals surface area contributed by atoms with Gasteiger partial charge in [-0.05, 0) is 24.6 Å². The van der Waals surface area contributed by atoms with Crippen LogP contribution in [-0.4, -0.2) is 22.8 Å². The largest absolute Gasteiger partial charge is 0.358 e.